The lowest BCUT2D eigenvalue weighted by Gasteiger charge is -2.05. The molecule has 0 fully saturated rings. The van der Waals surface area contributed by atoms with Crippen molar-refractivity contribution in [1.29, 1.82) is 0 Å². The maximum atomic E-state index is 8.92. The first-order chi connectivity index (χ1) is 8.65. The average molecular weight is 311 g/mol. The molecule has 0 aliphatic rings. The van der Waals surface area contributed by atoms with Gasteiger partial charge >= 0.3 is 0 Å². The minimum absolute atomic E-state index is 0.0959. The van der Waals surface area contributed by atoms with Crippen LogP contribution in [0.2, 0.25) is 0 Å². The largest absolute Gasteiger partial charge is 0.496 e. The fraction of sp³-hybridized carbons (Fsp3) is 0.308. The Bertz CT molecular complexity index is 552. The van der Waals surface area contributed by atoms with Crippen molar-refractivity contribution in [1.82, 2.24) is 9.97 Å². The second-order valence-electron chi connectivity index (χ2n) is 3.98. The zero-order valence-electron chi connectivity index (χ0n) is 10.3. The van der Waals surface area contributed by atoms with Gasteiger partial charge in [0.15, 0.2) is 0 Å². The summed E-state index contributed by atoms with van der Waals surface area (Å²) in [5, 5.41) is 8.92. The van der Waals surface area contributed by atoms with Crippen molar-refractivity contribution < 1.29 is 9.84 Å². The number of nitrogens with zero attached hydrogens (tertiary/aromatic N) is 1. The normalized spacial score (nSPS) is 10.7. The standard InChI is InChI=1S/C13H15BrN2O2/c1-8-13(16-12(15-8)5-6-17)9-3-4-11(18-2)10(14)7-9/h3-4,7,17H,5-6H2,1-2H3,(H,15,16). The van der Waals surface area contributed by atoms with E-state index in [1.54, 1.807) is 7.11 Å². The van der Waals surface area contributed by atoms with E-state index in [1.165, 1.54) is 0 Å². The van der Waals surface area contributed by atoms with E-state index in [4.69, 9.17) is 9.84 Å². The number of nitrogens with one attached hydrogen (secondary N) is 1. The molecule has 0 bridgehead atoms. The van der Waals surface area contributed by atoms with Crippen LogP contribution in [0.15, 0.2) is 22.7 Å². The van der Waals surface area contributed by atoms with Gasteiger partial charge in [0, 0.05) is 17.7 Å². The van der Waals surface area contributed by atoms with E-state index in [0.29, 0.717) is 6.42 Å². The molecular weight excluding hydrogens is 296 g/mol. The molecule has 0 saturated carbocycles. The Morgan fingerprint density at radius 1 is 1.44 bits per heavy atom. The van der Waals surface area contributed by atoms with Gasteiger partial charge in [-0.2, -0.15) is 0 Å². The number of methoxy groups -OCH3 is 1. The van der Waals surface area contributed by atoms with Crippen molar-refractivity contribution in [2.45, 2.75) is 13.3 Å². The number of aromatic amines is 1. The summed E-state index contributed by atoms with van der Waals surface area (Å²) in [5.74, 6) is 1.60. The molecule has 96 valence electrons. The molecule has 0 aliphatic carbocycles. The molecule has 2 N–H and O–H groups in total. The smallest absolute Gasteiger partial charge is 0.133 e. The monoisotopic (exact) mass is 310 g/mol. The van der Waals surface area contributed by atoms with E-state index in [0.717, 1.165) is 33.0 Å². The molecule has 0 atom stereocenters. The molecule has 0 aliphatic heterocycles. The summed E-state index contributed by atoms with van der Waals surface area (Å²) in [4.78, 5) is 7.66. The van der Waals surface area contributed by atoms with Gasteiger partial charge in [-0.05, 0) is 41.1 Å². The van der Waals surface area contributed by atoms with Crippen molar-refractivity contribution in [3.63, 3.8) is 0 Å². The Labute approximate surface area is 114 Å². The number of benzene rings is 1. The summed E-state index contributed by atoms with van der Waals surface area (Å²) in [6, 6.07) is 5.85. The maximum Gasteiger partial charge on any atom is 0.133 e. The number of halogens is 1. The molecule has 0 amide bonds. The van der Waals surface area contributed by atoms with Gasteiger partial charge in [0.1, 0.15) is 11.6 Å². The summed E-state index contributed by atoms with van der Waals surface area (Å²) in [5.41, 5.74) is 2.91. The molecule has 0 spiro atoms. The van der Waals surface area contributed by atoms with Crippen LogP contribution in [0.4, 0.5) is 0 Å². The molecule has 1 aromatic carbocycles. The minimum atomic E-state index is 0.0959. The fourth-order valence-electron chi connectivity index (χ4n) is 1.84. The molecule has 0 saturated heterocycles. The Morgan fingerprint density at radius 2 is 2.22 bits per heavy atom. The van der Waals surface area contributed by atoms with Crippen LogP contribution in [0, 0.1) is 6.92 Å². The molecule has 0 radical (unpaired) electrons. The SMILES string of the molecule is COc1ccc(-c2nc(CCO)[nH]c2C)cc1Br. The lowest BCUT2D eigenvalue weighted by molar-refractivity contribution is 0.297. The molecule has 2 rings (SSSR count). The summed E-state index contributed by atoms with van der Waals surface area (Å²) < 4.78 is 6.10. The van der Waals surface area contributed by atoms with Crippen LogP contribution < -0.4 is 4.74 Å². The van der Waals surface area contributed by atoms with E-state index in [2.05, 4.69) is 25.9 Å². The van der Waals surface area contributed by atoms with Crippen molar-refractivity contribution in [3.8, 4) is 17.0 Å². The van der Waals surface area contributed by atoms with Gasteiger partial charge in [0.25, 0.3) is 0 Å². The van der Waals surface area contributed by atoms with Crippen LogP contribution >= 0.6 is 15.9 Å². The highest BCUT2D eigenvalue weighted by atomic mass is 79.9. The summed E-state index contributed by atoms with van der Waals surface area (Å²) in [6.07, 6.45) is 0.540. The zero-order valence-corrected chi connectivity index (χ0v) is 11.9. The first kappa shape index (κ1) is 13.1. The van der Waals surface area contributed by atoms with Gasteiger partial charge < -0.3 is 14.8 Å². The number of aromatic nitrogens is 2. The van der Waals surface area contributed by atoms with E-state index < -0.39 is 0 Å². The number of aryl methyl sites for hydroxylation is 1. The van der Waals surface area contributed by atoms with Crippen LogP contribution in [-0.4, -0.2) is 28.8 Å². The fourth-order valence-corrected chi connectivity index (χ4v) is 2.38. The molecule has 2 aromatic rings. The highest BCUT2D eigenvalue weighted by molar-refractivity contribution is 9.10. The first-order valence-corrected chi connectivity index (χ1v) is 6.45. The van der Waals surface area contributed by atoms with Gasteiger partial charge in [-0.15, -0.1) is 0 Å². The van der Waals surface area contributed by atoms with Crippen molar-refractivity contribution in [2.75, 3.05) is 13.7 Å². The quantitative estimate of drug-likeness (QED) is 0.913. The third-order valence-electron chi connectivity index (χ3n) is 2.71. The van der Waals surface area contributed by atoms with E-state index in [1.807, 2.05) is 25.1 Å². The van der Waals surface area contributed by atoms with Crippen LogP contribution in [0.5, 0.6) is 5.75 Å². The number of ether oxygens (including phenoxy) is 1. The Kier molecular flexibility index (Phi) is 4.04. The highest BCUT2D eigenvalue weighted by Crippen LogP contribution is 2.31. The number of hydrogen-bond acceptors (Lipinski definition) is 3. The van der Waals surface area contributed by atoms with Crippen LogP contribution in [0.1, 0.15) is 11.5 Å². The number of rotatable bonds is 4. The third-order valence-corrected chi connectivity index (χ3v) is 3.33. The minimum Gasteiger partial charge on any atom is -0.496 e. The van der Waals surface area contributed by atoms with Crippen molar-refractivity contribution in [3.05, 3.63) is 34.2 Å². The summed E-state index contributed by atoms with van der Waals surface area (Å²) in [6.45, 7) is 2.07. The number of aliphatic hydroxyl groups is 1. The van der Waals surface area contributed by atoms with Gasteiger partial charge in [0.2, 0.25) is 0 Å². The van der Waals surface area contributed by atoms with Crippen LogP contribution in [0.25, 0.3) is 11.3 Å². The summed E-state index contributed by atoms with van der Waals surface area (Å²) in [7, 11) is 1.64. The lowest BCUT2D eigenvalue weighted by Crippen LogP contribution is -1.92. The third kappa shape index (κ3) is 2.57. The van der Waals surface area contributed by atoms with Crippen LogP contribution in [-0.2, 0) is 6.42 Å². The Morgan fingerprint density at radius 3 is 2.83 bits per heavy atom. The lowest BCUT2D eigenvalue weighted by atomic mass is 10.1. The van der Waals surface area contributed by atoms with Gasteiger partial charge in [-0.1, -0.05) is 0 Å². The van der Waals surface area contributed by atoms with Crippen molar-refractivity contribution in [2.24, 2.45) is 0 Å². The number of hydrogen-bond donors (Lipinski definition) is 2. The molecule has 1 aromatic heterocycles. The molecule has 18 heavy (non-hydrogen) atoms. The second kappa shape index (κ2) is 5.54. The average Bonchev–Trinajstić information content (AvgIpc) is 2.71. The number of imidazole rings is 1. The van der Waals surface area contributed by atoms with Crippen LogP contribution in [0.3, 0.4) is 0 Å². The first-order valence-electron chi connectivity index (χ1n) is 5.66. The maximum absolute atomic E-state index is 8.92. The zero-order chi connectivity index (χ0) is 13.1. The number of H-pyrrole nitrogens is 1. The molecular formula is C13H15BrN2O2. The van der Waals surface area contributed by atoms with Gasteiger partial charge in [-0.3, -0.25) is 0 Å². The predicted octanol–water partition coefficient (Wildman–Crippen LogP) is 2.69. The molecule has 5 heteroatoms. The van der Waals surface area contributed by atoms with E-state index in [9.17, 15) is 0 Å². The molecule has 1 heterocycles. The van der Waals surface area contributed by atoms with Gasteiger partial charge in [0.05, 0.1) is 23.9 Å². The Hall–Kier alpha value is -1.33. The van der Waals surface area contributed by atoms with E-state index >= 15 is 0 Å². The molecule has 0 unspecified atom stereocenters. The second-order valence-corrected chi connectivity index (χ2v) is 4.83. The highest BCUT2D eigenvalue weighted by Gasteiger charge is 2.10. The number of aliphatic hydroxyl groups excluding tert-OH is 1. The Balaban J connectivity index is 2.39. The molecule has 4 nitrogen and oxygen atoms in total. The van der Waals surface area contributed by atoms with Crippen molar-refractivity contribution >= 4 is 15.9 Å². The van der Waals surface area contributed by atoms with E-state index in [-0.39, 0.29) is 6.61 Å². The summed E-state index contributed by atoms with van der Waals surface area (Å²) >= 11 is 3.46. The topological polar surface area (TPSA) is 58.1 Å². The predicted molar refractivity (Wildman–Crippen MR) is 73.8 cm³/mol. The van der Waals surface area contributed by atoms with Gasteiger partial charge in [-0.25, -0.2) is 4.98 Å².